The third-order valence-electron chi connectivity index (χ3n) is 3.68. The Labute approximate surface area is 140 Å². The van der Waals surface area contributed by atoms with Crippen molar-refractivity contribution in [3.63, 3.8) is 0 Å². The van der Waals surface area contributed by atoms with Gasteiger partial charge in [0.05, 0.1) is 14.2 Å². The number of methoxy groups -OCH3 is 2. The highest BCUT2D eigenvalue weighted by molar-refractivity contribution is 7.10. The van der Waals surface area contributed by atoms with Crippen LogP contribution in [0.25, 0.3) is 6.08 Å². The first-order valence-electron chi connectivity index (χ1n) is 7.26. The van der Waals surface area contributed by atoms with E-state index in [0.717, 1.165) is 5.56 Å². The SMILES string of the molecule is COc1ccc(/C=C/C(=O)NCc2csc(C)c2C)cc1OC. The van der Waals surface area contributed by atoms with E-state index in [1.54, 1.807) is 31.6 Å². The summed E-state index contributed by atoms with van der Waals surface area (Å²) in [5.74, 6) is 1.18. The number of hydrogen-bond acceptors (Lipinski definition) is 4. The van der Waals surface area contributed by atoms with Gasteiger partial charge >= 0.3 is 0 Å². The molecule has 122 valence electrons. The Morgan fingerprint density at radius 3 is 2.57 bits per heavy atom. The molecule has 0 atom stereocenters. The molecule has 2 rings (SSSR count). The quantitative estimate of drug-likeness (QED) is 0.821. The van der Waals surface area contributed by atoms with Crippen molar-refractivity contribution >= 4 is 23.3 Å². The van der Waals surface area contributed by atoms with Crippen LogP contribution >= 0.6 is 11.3 Å². The molecule has 0 radical (unpaired) electrons. The molecule has 1 heterocycles. The van der Waals surface area contributed by atoms with Gasteiger partial charge in [-0.05, 0) is 54.1 Å². The van der Waals surface area contributed by atoms with Crippen LogP contribution < -0.4 is 14.8 Å². The second-order valence-electron chi connectivity index (χ2n) is 5.11. The predicted octanol–water partition coefficient (Wildman–Crippen LogP) is 3.71. The maximum atomic E-state index is 11.9. The Balaban J connectivity index is 1.97. The molecule has 1 aromatic heterocycles. The summed E-state index contributed by atoms with van der Waals surface area (Å²) >= 11 is 1.71. The van der Waals surface area contributed by atoms with Crippen molar-refractivity contribution in [3.8, 4) is 11.5 Å². The van der Waals surface area contributed by atoms with Gasteiger partial charge in [0.1, 0.15) is 0 Å². The van der Waals surface area contributed by atoms with Gasteiger partial charge in [0, 0.05) is 17.5 Å². The second-order valence-corrected chi connectivity index (χ2v) is 6.19. The number of thiophene rings is 1. The second kappa shape index (κ2) is 7.83. The average molecular weight is 331 g/mol. The fraction of sp³-hybridized carbons (Fsp3) is 0.278. The lowest BCUT2D eigenvalue weighted by Gasteiger charge is -2.07. The summed E-state index contributed by atoms with van der Waals surface area (Å²) in [6.07, 6.45) is 3.28. The molecule has 0 fully saturated rings. The molecule has 0 aliphatic rings. The van der Waals surface area contributed by atoms with Gasteiger partial charge in [-0.25, -0.2) is 0 Å². The van der Waals surface area contributed by atoms with Crippen LogP contribution in [-0.2, 0) is 11.3 Å². The minimum absolute atomic E-state index is 0.122. The van der Waals surface area contributed by atoms with E-state index < -0.39 is 0 Å². The van der Waals surface area contributed by atoms with E-state index in [1.165, 1.54) is 22.1 Å². The smallest absolute Gasteiger partial charge is 0.244 e. The van der Waals surface area contributed by atoms with Crippen LogP contribution in [0.5, 0.6) is 11.5 Å². The number of carbonyl (C=O) groups is 1. The van der Waals surface area contributed by atoms with Crippen molar-refractivity contribution in [2.45, 2.75) is 20.4 Å². The van der Waals surface area contributed by atoms with Gasteiger partial charge in [-0.2, -0.15) is 0 Å². The number of aryl methyl sites for hydroxylation is 1. The topological polar surface area (TPSA) is 47.6 Å². The molecular weight excluding hydrogens is 310 g/mol. The number of amides is 1. The molecule has 0 spiro atoms. The zero-order chi connectivity index (χ0) is 16.8. The van der Waals surface area contributed by atoms with Crippen LogP contribution in [0.1, 0.15) is 21.6 Å². The summed E-state index contributed by atoms with van der Waals surface area (Å²) < 4.78 is 10.4. The van der Waals surface area contributed by atoms with Gasteiger partial charge in [0.15, 0.2) is 11.5 Å². The van der Waals surface area contributed by atoms with E-state index in [0.29, 0.717) is 18.0 Å². The van der Waals surface area contributed by atoms with Crippen LogP contribution in [-0.4, -0.2) is 20.1 Å². The minimum atomic E-state index is -0.122. The summed E-state index contributed by atoms with van der Waals surface area (Å²) in [6, 6.07) is 5.51. The molecule has 2 aromatic rings. The molecule has 0 unspecified atom stereocenters. The lowest BCUT2D eigenvalue weighted by atomic mass is 10.1. The van der Waals surface area contributed by atoms with E-state index >= 15 is 0 Å². The normalized spacial score (nSPS) is 10.8. The van der Waals surface area contributed by atoms with E-state index in [2.05, 4.69) is 24.5 Å². The molecule has 1 amide bonds. The minimum Gasteiger partial charge on any atom is -0.493 e. The first kappa shape index (κ1) is 17.1. The molecule has 0 saturated carbocycles. The molecule has 4 nitrogen and oxygen atoms in total. The van der Waals surface area contributed by atoms with Crippen molar-refractivity contribution in [1.29, 1.82) is 0 Å². The molecular formula is C18H21NO3S. The number of carbonyl (C=O) groups excluding carboxylic acids is 1. The number of benzene rings is 1. The van der Waals surface area contributed by atoms with Crippen LogP contribution in [0.4, 0.5) is 0 Å². The Bertz CT molecular complexity index is 719. The highest BCUT2D eigenvalue weighted by Gasteiger charge is 2.05. The Kier molecular flexibility index (Phi) is 5.82. The molecule has 0 bridgehead atoms. The lowest BCUT2D eigenvalue weighted by Crippen LogP contribution is -2.20. The molecule has 5 heteroatoms. The van der Waals surface area contributed by atoms with Gasteiger partial charge in [-0.3, -0.25) is 4.79 Å². The van der Waals surface area contributed by atoms with E-state index in [9.17, 15) is 4.79 Å². The van der Waals surface area contributed by atoms with E-state index in [-0.39, 0.29) is 5.91 Å². The molecule has 23 heavy (non-hydrogen) atoms. The predicted molar refractivity (Wildman–Crippen MR) is 94.2 cm³/mol. The Morgan fingerprint density at radius 2 is 1.96 bits per heavy atom. The van der Waals surface area contributed by atoms with Crippen LogP contribution in [0.2, 0.25) is 0 Å². The van der Waals surface area contributed by atoms with E-state index in [1.807, 2.05) is 18.2 Å². The van der Waals surface area contributed by atoms with Crippen molar-refractivity contribution < 1.29 is 14.3 Å². The molecule has 0 aliphatic carbocycles. The highest BCUT2D eigenvalue weighted by Crippen LogP contribution is 2.28. The third kappa shape index (κ3) is 4.36. The van der Waals surface area contributed by atoms with Crippen molar-refractivity contribution in [2.24, 2.45) is 0 Å². The van der Waals surface area contributed by atoms with Crippen molar-refractivity contribution in [1.82, 2.24) is 5.32 Å². The van der Waals surface area contributed by atoms with E-state index in [4.69, 9.17) is 9.47 Å². The highest BCUT2D eigenvalue weighted by atomic mass is 32.1. The maximum Gasteiger partial charge on any atom is 0.244 e. The fourth-order valence-corrected chi connectivity index (χ4v) is 2.99. The van der Waals surface area contributed by atoms with Crippen molar-refractivity contribution in [3.05, 3.63) is 51.2 Å². The molecule has 0 aliphatic heterocycles. The molecule has 1 aromatic carbocycles. The van der Waals surface area contributed by atoms with Crippen molar-refractivity contribution in [2.75, 3.05) is 14.2 Å². The Morgan fingerprint density at radius 1 is 1.22 bits per heavy atom. The zero-order valence-electron chi connectivity index (χ0n) is 13.8. The summed E-state index contributed by atoms with van der Waals surface area (Å²) in [5, 5.41) is 4.99. The summed E-state index contributed by atoms with van der Waals surface area (Å²) in [4.78, 5) is 13.2. The summed E-state index contributed by atoms with van der Waals surface area (Å²) in [5.41, 5.74) is 3.29. The lowest BCUT2D eigenvalue weighted by molar-refractivity contribution is -0.116. The number of rotatable bonds is 6. The van der Waals surface area contributed by atoms with Gasteiger partial charge in [-0.15, -0.1) is 11.3 Å². The Hall–Kier alpha value is -2.27. The number of ether oxygens (including phenoxy) is 2. The summed E-state index contributed by atoms with van der Waals surface area (Å²) in [6.45, 7) is 4.71. The molecule has 0 saturated heterocycles. The first-order valence-corrected chi connectivity index (χ1v) is 8.14. The van der Waals surface area contributed by atoms with Gasteiger partial charge in [0.2, 0.25) is 5.91 Å². The van der Waals surface area contributed by atoms with Crippen LogP contribution in [0.15, 0.2) is 29.7 Å². The van der Waals surface area contributed by atoms with Gasteiger partial charge < -0.3 is 14.8 Å². The third-order valence-corrected chi connectivity index (χ3v) is 4.74. The average Bonchev–Trinajstić information content (AvgIpc) is 2.89. The van der Waals surface area contributed by atoms with Gasteiger partial charge in [0.25, 0.3) is 0 Å². The molecule has 1 N–H and O–H groups in total. The van der Waals surface area contributed by atoms with Gasteiger partial charge in [-0.1, -0.05) is 6.07 Å². The largest absolute Gasteiger partial charge is 0.493 e. The maximum absolute atomic E-state index is 11.9. The first-order chi connectivity index (χ1) is 11.0. The van der Waals surface area contributed by atoms with Crippen LogP contribution in [0.3, 0.4) is 0 Å². The fourth-order valence-electron chi connectivity index (χ4n) is 2.11. The standard InChI is InChI=1S/C18H21NO3S/c1-12-13(2)23-11-15(12)10-19-18(20)8-6-14-5-7-16(21-3)17(9-14)22-4/h5-9,11H,10H2,1-4H3,(H,19,20)/b8-6+. The zero-order valence-corrected chi connectivity index (χ0v) is 14.6. The summed E-state index contributed by atoms with van der Waals surface area (Å²) in [7, 11) is 3.18. The number of nitrogens with one attached hydrogen (secondary N) is 1. The monoisotopic (exact) mass is 331 g/mol. The van der Waals surface area contributed by atoms with Crippen LogP contribution in [0, 0.1) is 13.8 Å². The number of hydrogen-bond donors (Lipinski definition) is 1.